The fourth-order valence-corrected chi connectivity index (χ4v) is 3.15. The Morgan fingerprint density at radius 1 is 1.07 bits per heavy atom. The zero-order valence-corrected chi connectivity index (χ0v) is 15.4. The molecule has 144 valence electrons. The molecule has 1 amide bonds. The van der Waals surface area contributed by atoms with Crippen molar-refractivity contribution in [3.63, 3.8) is 0 Å². The highest BCUT2D eigenvalue weighted by Gasteiger charge is 2.22. The number of hydrogen-bond donors (Lipinski definition) is 1. The number of carbonyl (C=O) groups is 1. The zero-order chi connectivity index (χ0) is 19.5. The number of aromatic nitrogens is 2. The third-order valence-electron chi connectivity index (χ3n) is 4.65. The van der Waals surface area contributed by atoms with Gasteiger partial charge in [-0.2, -0.15) is 0 Å². The van der Waals surface area contributed by atoms with Crippen LogP contribution in [0, 0.1) is 12.7 Å². The van der Waals surface area contributed by atoms with Crippen LogP contribution in [0.5, 0.6) is 0 Å². The highest BCUT2D eigenvalue weighted by Crippen LogP contribution is 2.19. The van der Waals surface area contributed by atoms with Gasteiger partial charge in [-0.15, -0.1) is 0 Å². The Morgan fingerprint density at radius 2 is 1.82 bits per heavy atom. The van der Waals surface area contributed by atoms with Crippen LogP contribution in [0.3, 0.4) is 0 Å². The predicted octanol–water partition coefficient (Wildman–Crippen LogP) is 3.22. The molecule has 0 saturated carbocycles. The number of aryl methyl sites for hydroxylation is 1. The number of carbonyl (C=O) groups excluding carboxylic acids is 1. The minimum absolute atomic E-state index is 0.0462. The molecule has 0 bridgehead atoms. The van der Waals surface area contributed by atoms with Gasteiger partial charge in [-0.25, -0.2) is 9.37 Å². The lowest BCUT2D eigenvalue weighted by Crippen LogP contribution is -2.48. The summed E-state index contributed by atoms with van der Waals surface area (Å²) in [6.07, 6.45) is 1.56. The average molecular weight is 381 g/mol. The number of nitrogens with zero attached hydrogens (tertiary/aromatic N) is 4. The van der Waals surface area contributed by atoms with Crippen molar-refractivity contribution < 1.29 is 13.7 Å². The molecule has 8 heteroatoms. The first-order valence-corrected chi connectivity index (χ1v) is 9.05. The van der Waals surface area contributed by atoms with Gasteiger partial charge in [-0.3, -0.25) is 4.79 Å². The number of anilines is 3. The average Bonchev–Trinajstić information content (AvgIpc) is 3.13. The van der Waals surface area contributed by atoms with E-state index in [0.717, 1.165) is 5.69 Å². The molecular weight excluding hydrogens is 361 g/mol. The van der Waals surface area contributed by atoms with E-state index in [2.05, 4.69) is 20.4 Å². The minimum Gasteiger partial charge on any atom is -0.368 e. The van der Waals surface area contributed by atoms with Gasteiger partial charge in [0.25, 0.3) is 5.91 Å². The lowest BCUT2D eigenvalue weighted by molar-refractivity contribution is 0.0746. The van der Waals surface area contributed by atoms with E-state index in [4.69, 9.17) is 4.52 Å². The van der Waals surface area contributed by atoms with Crippen LogP contribution in [0.1, 0.15) is 16.1 Å². The Bertz CT molecular complexity index is 947. The lowest BCUT2D eigenvalue weighted by atomic mass is 10.2. The van der Waals surface area contributed by atoms with Gasteiger partial charge in [0.1, 0.15) is 17.4 Å². The molecule has 0 unspecified atom stereocenters. The summed E-state index contributed by atoms with van der Waals surface area (Å²) in [6, 6.07) is 11.7. The molecule has 0 spiro atoms. The first-order valence-electron chi connectivity index (χ1n) is 9.05. The van der Waals surface area contributed by atoms with Gasteiger partial charge in [0, 0.05) is 44.1 Å². The van der Waals surface area contributed by atoms with Crippen molar-refractivity contribution in [1.82, 2.24) is 15.0 Å². The van der Waals surface area contributed by atoms with Crippen molar-refractivity contribution >= 4 is 23.2 Å². The molecule has 4 rings (SSSR count). The molecule has 1 saturated heterocycles. The summed E-state index contributed by atoms with van der Waals surface area (Å²) in [6.45, 7) is 4.43. The van der Waals surface area contributed by atoms with E-state index in [1.807, 2.05) is 11.8 Å². The third kappa shape index (κ3) is 3.95. The van der Waals surface area contributed by atoms with Gasteiger partial charge in [0.05, 0.1) is 5.56 Å². The number of halogens is 1. The molecule has 2 aromatic heterocycles. The second-order valence-corrected chi connectivity index (χ2v) is 6.64. The largest absolute Gasteiger partial charge is 0.368 e. The first-order chi connectivity index (χ1) is 13.6. The molecule has 1 aliphatic heterocycles. The Hall–Kier alpha value is -3.42. The molecule has 3 aromatic rings. The molecule has 0 radical (unpaired) electrons. The van der Waals surface area contributed by atoms with Crippen LogP contribution >= 0.6 is 0 Å². The fraction of sp³-hybridized carbons (Fsp3) is 0.250. The van der Waals surface area contributed by atoms with Crippen LogP contribution in [0.25, 0.3) is 0 Å². The van der Waals surface area contributed by atoms with Crippen molar-refractivity contribution in [3.05, 3.63) is 65.8 Å². The highest BCUT2D eigenvalue weighted by molar-refractivity contribution is 5.94. The number of pyridine rings is 1. The third-order valence-corrected chi connectivity index (χ3v) is 4.65. The van der Waals surface area contributed by atoms with Crippen LogP contribution < -0.4 is 10.2 Å². The zero-order valence-electron chi connectivity index (χ0n) is 15.4. The maximum atomic E-state index is 13.1. The summed E-state index contributed by atoms with van der Waals surface area (Å²) in [5.74, 6) is 1.57. The molecular formula is C20H20FN5O2. The fourth-order valence-electron chi connectivity index (χ4n) is 3.15. The normalized spacial score (nSPS) is 14.2. The van der Waals surface area contributed by atoms with Crippen LogP contribution in [-0.2, 0) is 0 Å². The SMILES string of the molecule is Cc1cc(Nc2ccc(C(=O)N3CCN(c4ccc(F)cc4)CC3)cn2)no1. The lowest BCUT2D eigenvalue weighted by Gasteiger charge is -2.36. The Balaban J connectivity index is 1.35. The molecule has 3 heterocycles. The van der Waals surface area contributed by atoms with Crippen molar-refractivity contribution in [2.75, 3.05) is 36.4 Å². The number of piperazine rings is 1. The smallest absolute Gasteiger partial charge is 0.255 e. The molecule has 7 nitrogen and oxygen atoms in total. The quantitative estimate of drug-likeness (QED) is 0.748. The molecule has 0 aliphatic carbocycles. The molecule has 1 aromatic carbocycles. The molecule has 1 fully saturated rings. The van der Waals surface area contributed by atoms with E-state index in [1.54, 1.807) is 36.5 Å². The molecule has 1 aliphatic rings. The Morgan fingerprint density at radius 3 is 2.43 bits per heavy atom. The number of rotatable bonds is 4. The summed E-state index contributed by atoms with van der Waals surface area (Å²) in [5.41, 5.74) is 1.51. The Kier molecular flexibility index (Phi) is 4.92. The first kappa shape index (κ1) is 18.0. The number of amides is 1. The summed E-state index contributed by atoms with van der Waals surface area (Å²) in [7, 11) is 0. The molecule has 0 atom stereocenters. The topological polar surface area (TPSA) is 74.5 Å². The number of hydrogen-bond acceptors (Lipinski definition) is 6. The van der Waals surface area contributed by atoms with E-state index in [1.165, 1.54) is 12.1 Å². The second kappa shape index (κ2) is 7.67. The second-order valence-electron chi connectivity index (χ2n) is 6.64. The molecule has 28 heavy (non-hydrogen) atoms. The van der Waals surface area contributed by atoms with E-state index in [0.29, 0.717) is 49.1 Å². The Labute approximate surface area is 161 Å². The van der Waals surface area contributed by atoms with Crippen LogP contribution in [0.4, 0.5) is 21.7 Å². The van der Waals surface area contributed by atoms with Crippen molar-refractivity contribution in [3.8, 4) is 0 Å². The van der Waals surface area contributed by atoms with Crippen LogP contribution in [-0.4, -0.2) is 47.1 Å². The summed E-state index contributed by atoms with van der Waals surface area (Å²) < 4.78 is 18.1. The van der Waals surface area contributed by atoms with Gasteiger partial charge >= 0.3 is 0 Å². The van der Waals surface area contributed by atoms with E-state index in [-0.39, 0.29) is 11.7 Å². The van der Waals surface area contributed by atoms with Crippen molar-refractivity contribution in [1.29, 1.82) is 0 Å². The van der Waals surface area contributed by atoms with Crippen molar-refractivity contribution in [2.24, 2.45) is 0 Å². The summed E-state index contributed by atoms with van der Waals surface area (Å²) in [5, 5.41) is 6.88. The van der Waals surface area contributed by atoms with Crippen LogP contribution in [0.15, 0.2) is 53.2 Å². The van der Waals surface area contributed by atoms with Gasteiger partial charge in [-0.1, -0.05) is 5.16 Å². The van der Waals surface area contributed by atoms with E-state index < -0.39 is 0 Å². The maximum Gasteiger partial charge on any atom is 0.255 e. The van der Waals surface area contributed by atoms with E-state index in [9.17, 15) is 9.18 Å². The summed E-state index contributed by atoms with van der Waals surface area (Å²) in [4.78, 5) is 21.0. The van der Waals surface area contributed by atoms with Crippen LogP contribution in [0.2, 0.25) is 0 Å². The van der Waals surface area contributed by atoms with E-state index >= 15 is 0 Å². The van der Waals surface area contributed by atoms with Gasteiger partial charge < -0.3 is 19.6 Å². The monoisotopic (exact) mass is 381 g/mol. The highest BCUT2D eigenvalue weighted by atomic mass is 19.1. The maximum absolute atomic E-state index is 13.1. The predicted molar refractivity (Wildman–Crippen MR) is 103 cm³/mol. The molecule has 1 N–H and O–H groups in total. The number of nitrogens with one attached hydrogen (secondary N) is 1. The van der Waals surface area contributed by atoms with Crippen molar-refractivity contribution in [2.45, 2.75) is 6.92 Å². The summed E-state index contributed by atoms with van der Waals surface area (Å²) >= 11 is 0. The number of benzene rings is 1. The standard InChI is InChI=1S/C20H20FN5O2/c1-14-12-19(24-28-14)23-18-7-2-15(13-22-18)20(27)26-10-8-25(9-11-26)17-5-3-16(21)4-6-17/h2-7,12-13H,8-11H2,1H3,(H,22,23,24). The van der Waals surface area contributed by atoms with Gasteiger partial charge in [0.2, 0.25) is 0 Å². The van der Waals surface area contributed by atoms with Gasteiger partial charge in [-0.05, 0) is 43.3 Å². The van der Waals surface area contributed by atoms with Gasteiger partial charge in [0.15, 0.2) is 5.82 Å². The minimum atomic E-state index is -0.248.